The number of benzene rings is 1. The van der Waals surface area contributed by atoms with Crippen molar-refractivity contribution < 1.29 is 14.3 Å². The first-order chi connectivity index (χ1) is 9.97. The summed E-state index contributed by atoms with van der Waals surface area (Å²) in [5.41, 5.74) is 0.314. The lowest BCUT2D eigenvalue weighted by molar-refractivity contribution is -0.152. The molecule has 0 unspecified atom stereocenters. The lowest BCUT2D eigenvalue weighted by Gasteiger charge is -2.39. The van der Waals surface area contributed by atoms with Crippen molar-refractivity contribution in [3.05, 3.63) is 34.6 Å². The molecule has 1 saturated heterocycles. The number of hydrogen-bond donors (Lipinski definition) is 1. The van der Waals surface area contributed by atoms with E-state index in [1.807, 2.05) is 6.92 Å². The molecule has 1 aromatic carbocycles. The molecule has 1 N–H and O–H groups in total. The smallest absolute Gasteiger partial charge is 0.309 e. The highest BCUT2D eigenvalue weighted by molar-refractivity contribution is 6.31. The average Bonchev–Trinajstić information content (AvgIpc) is 2.44. The summed E-state index contributed by atoms with van der Waals surface area (Å²) in [7, 11) is 0. The molecule has 1 aromatic rings. The highest BCUT2D eigenvalue weighted by Gasteiger charge is 2.40. The van der Waals surface area contributed by atoms with Crippen molar-refractivity contribution in [2.24, 2.45) is 5.41 Å². The van der Waals surface area contributed by atoms with E-state index in [9.17, 15) is 14.3 Å². The first kappa shape index (κ1) is 16.2. The molecule has 0 aliphatic carbocycles. The summed E-state index contributed by atoms with van der Waals surface area (Å²) in [5.74, 6) is -1.01. The predicted octanol–water partition coefficient (Wildman–Crippen LogP) is 3.95. The Hall–Kier alpha value is -1.13. The van der Waals surface area contributed by atoms with Crippen LogP contribution in [-0.2, 0) is 11.3 Å². The molecule has 21 heavy (non-hydrogen) atoms. The van der Waals surface area contributed by atoms with Gasteiger partial charge in [-0.3, -0.25) is 9.69 Å². The summed E-state index contributed by atoms with van der Waals surface area (Å²) in [5, 5.41) is 9.92. The SMILES string of the molecule is CCCC1(C(=O)O)CCN(Cc2ccc(F)cc2Cl)CC1. The number of hydrogen-bond acceptors (Lipinski definition) is 2. The monoisotopic (exact) mass is 313 g/mol. The number of piperidine rings is 1. The molecule has 0 saturated carbocycles. The van der Waals surface area contributed by atoms with E-state index in [4.69, 9.17) is 11.6 Å². The second kappa shape index (κ2) is 6.75. The molecule has 0 spiro atoms. The number of aliphatic carboxylic acids is 1. The van der Waals surface area contributed by atoms with Crippen LogP contribution in [-0.4, -0.2) is 29.1 Å². The zero-order valence-corrected chi connectivity index (χ0v) is 13.0. The van der Waals surface area contributed by atoms with E-state index in [2.05, 4.69) is 4.90 Å². The molecule has 0 amide bonds. The molecule has 1 fully saturated rings. The average molecular weight is 314 g/mol. The van der Waals surface area contributed by atoms with Crippen LogP contribution in [0.15, 0.2) is 18.2 Å². The second-order valence-electron chi connectivity index (χ2n) is 5.85. The van der Waals surface area contributed by atoms with Crippen LogP contribution in [0.3, 0.4) is 0 Å². The van der Waals surface area contributed by atoms with Gasteiger partial charge in [-0.05, 0) is 50.0 Å². The maximum Gasteiger partial charge on any atom is 0.309 e. The van der Waals surface area contributed by atoms with Gasteiger partial charge in [-0.25, -0.2) is 4.39 Å². The van der Waals surface area contributed by atoms with Crippen molar-refractivity contribution in [3.63, 3.8) is 0 Å². The van der Waals surface area contributed by atoms with E-state index in [1.54, 1.807) is 6.07 Å². The van der Waals surface area contributed by atoms with Crippen LogP contribution in [0, 0.1) is 11.2 Å². The quantitative estimate of drug-likeness (QED) is 0.895. The molecule has 0 atom stereocenters. The van der Waals surface area contributed by atoms with E-state index in [0.717, 1.165) is 31.5 Å². The summed E-state index contributed by atoms with van der Waals surface area (Å²) in [6.07, 6.45) is 2.94. The zero-order valence-electron chi connectivity index (χ0n) is 12.2. The van der Waals surface area contributed by atoms with Gasteiger partial charge in [0.05, 0.1) is 5.41 Å². The fourth-order valence-electron chi connectivity index (χ4n) is 3.08. The van der Waals surface area contributed by atoms with Gasteiger partial charge < -0.3 is 5.11 Å². The molecule has 0 bridgehead atoms. The van der Waals surface area contributed by atoms with Crippen molar-refractivity contribution in [2.75, 3.05) is 13.1 Å². The second-order valence-corrected chi connectivity index (χ2v) is 6.25. The predicted molar refractivity (Wildman–Crippen MR) is 80.9 cm³/mol. The molecule has 1 aliphatic rings. The topological polar surface area (TPSA) is 40.5 Å². The van der Waals surface area contributed by atoms with Crippen molar-refractivity contribution in [1.29, 1.82) is 0 Å². The number of carboxylic acid groups (broad SMARTS) is 1. The molecule has 2 rings (SSSR count). The third kappa shape index (κ3) is 3.74. The van der Waals surface area contributed by atoms with Crippen molar-refractivity contribution >= 4 is 17.6 Å². The van der Waals surface area contributed by atoms with Gasteiger partial charge in [0.1, 0.15) is 5.82 Å². The molecule has 5 heteroatoms. The summed E-state index contributed by atoms with van der Waals surface area (Å²) in [6.45, 7) is 4.14. The first-order valence-corrected chi connectivity index (χ1v) is 7.74. The lowest BCUT2D eigenvalue weighted by Crippen LogP contribution is -2.44. The minimum absolute atomic E-state index is 0.338. The van der Waals surface area contributed by atoms with E-state index in [1.165, 1.54) is 12.1 Å². The standard InChI is InChI=1S/C16H21ClFNO2/c1-2-5-16(15(20)21)6-8-19(9-7-16)11-12-3-4-13(18)10-14(12)17/h3-4,10H,2,5-9,11H2,1H3,(H,20,21). The Morgan fingerprint density at radius 3 is 2.62 bits per heavy atom. The number of carbonyl (C=O) groups is 1. The number of likely N-dealkylation sites (tertiary alicyclic amines) is 1. The Morgan fingerprint density at radius 2 is 2.10 bits per heavy atom. The van der Waals surface area contributed by atoms with Gasteiger partial charge in [0.15, 0.2) is 0 Å². The zero-order chi connectivity index (χ0) is 15.5. The summed E-state index contributed by atoms with van der Waals surface area (Å²) in [4.78, 5) is 13.7. The molecule has 1 aliphatic heterocycles. The van der Waals surface area contributed by atoms with Crippen LogP contribution in [0.2, 0.25) is 5.02 Å². The van der Waals surface area contributed by atoms with Gasteiger partial charge in [0, 0.05) is 11.6 Å². The molecule has 116 valence electrons. The summed E-state index contributed by atoms with van der Waals surface area (Å²) in [6, 6.07) is 4.42. The number of nitrogens with zero attached hydrogens (tertiary/aromatic N) is 1. The third-order valence-corrected chi connectivity index (χ3v) is 4.76. The number of halogens is 2. The van der Waals surface area contributed by atoms with Gasteiger partial charge in [-0.1, -0.05) is 31.0 Å². The third-order valence-electron chi connectivity index (χ3n) is 4.40. The Balaban J connectivity index is 1.99. The highest BCUT2D eigenvalue weighted by Crippen LogP contribution is 2.37. The largest absolute Gasteiger partial charge is 0.481 e. The maximum atomic E-state index is 13.0. The van der Waals surface area contributed by atoms with E-state index in [-0.39, 0.29) is 5.82 Å². The van der Waals surface area contributed by atoms with Gasteiger partial charge >= 0.3 is 5.97 Å². The molecular weight excluding hydrogens is 293 g/mol. The first-order valence-electron chi connectivity index (χ1n) is 7.36. The van der Waals surface area contributed by atoms with Gasteiger partial charge in [-0.2, -0.15) is 0 Å². The number of carboxylic acids is 1. The van der Waals surface area contributed by atoms with E-state index in [0.29, 0.717) is 24.4 Å². The van der Waals surface area contributed by atoms with Gasteiger partial charge in [0.25, 0.3) is 0 Å². The number of rotatable bonds is 5. The van der Waals surface area contributed by atoms with E-state index < -0.39 is 11.4 Å². The Labute approximate surface area is 129 Å². The molecular formula is C16H21ClFNO2. The van der Waals surface area contributed by atoms with Crippen molar-refractivity contribution in [1.82, 2.24) is 4.90 Å². The fraction of sp³-hybridized carbons (Fsp3) is 0.562. The maximum absolute atomic E-state index is 13.0. The Bertz CT molecular complexity index is 513. The molecule has 0 radical (unpaired) electrons. The summed E-state index contributed by atoms with van der Waals surface area (Å²) < 4.78 is 13.0. The van der Waals surface area contributed by atoms with Crippen LogP contribution < -0.4 is 0 Å². The van der Waals surface area contributed by atoms with E-state index >= 15 is 0 Å². The van der Waals surface area contributed by atoms with Crippen molar-refractivity contribution in [3.8, 4) is 0 Å². The lowest BCUT2D eigenvalue weighted by atomic mass is 9.75. The van der Waals surface area contributed by atoms with Crippen molar-refractivity contribution in [2.45, 2.75) is 39.2 Å². The van der Waals surface area contributed by atoms with Crippen LogP contribution in [0.1, 0.15) is 38.2 Å². The van der Waals surface area contributed by atoms with Crippen LogP contribution in [0.4, 0.5) is 4.39 Å². The molecule has 0 aromatic heterocycles. The van der Waals surface area contributed by atoms with Crippen LogP contribution in [0.5, 0.6) is 0 Å². The van der Waals surface area contributed by atoms with Gasteiger partial charge in [-0.15, -0.1) is 0 Å². The Kier molecular flexibility index (Phi) is 5.22. The molecule has 3 nitrogen and oxygen atoms in total. The minimum atomic E-state index is -0.677. The summed E-state index contributed by atoms with van der Waals surface area (Å²) >= 11 is 6.04. The van der Waals surface area contributed by atoms with Crippen LogP contribution in [0.25, 0.3) is 0 Å². The molecule has 1 heterocycles. The highest BCUT2D eigenvalue weighted by atomic mass is 35.5. The minimum Gasteiger partial charge on any atom is -0.481 e. The van der Waals surface area contributed by atoms with Crippen LogP contribution >= 0.6 is 11.6 Å². The normalized spacial score (nSPS) is 18.6. The fourth-order valence-corrected chi connectivity index (χ4v) is 3.31. The Morgan fingerprint density at radius 1 is 1.43 bits per heavy atom. The van der Waals surface area contributed by atoms with Gasteiger partial charge in [0.2, 0.25) is 0 Å².